The first-order chi connectivity index (χ1) is 11.4. The first-order valence-electron chi connectivity index (χ1n) is 10.3. The molecule has 0 amide bonds. The molecule has 7 atom stereocenters. The summed E-state index contributed by atoms with van der Waals surface area (Å²) in [6.07, 6.45) is 12.1. The van der Waals surface area contributed by atoms with Crippen molar-refractivity contribution in [2.75, 3.05) is 0 Å². The Kier molecular flexibility index (Phi) is 3.89. The molecule has 0 radical (unpaired) electrons. The second-order valence-electron chi connectivity index (χ2n) is 9.84. The zero-order valence-corrected chi connectivity index (χ0v) is 15.7. The van der Waals surface area contributed by atoms with Crippen LogP contribution in [-0.2, 0) is 4.79 Å². The smallest absolute Gasteiger partial charge is 0.162 e. The van der Waals surface area contributed by atoms with Crippen molar-refractivity contribution in [2.24, 2.45) is 40.4 Å². The third-order valence-corrected chi connectivity index (χ3v) is 9.27. The van der Waals surface area contributed by atoms with Crippen LogP contribution in [-0.4, -0.2) is 10.9 Å². The Morgan fingerprint density at radius 2 is 1.83 bits per heavy atom. The highest BCUT2D eigenvalue weighted by atomic mass is 16.2. The monoisotopic (exact) mass is 330 g/mol. The van der Waals surface area contributed by atoms with Crippen LogP contribution < -0.4 is 0 Å². The third-order valence-electron chi connectivity index (χ3n) is 9.27. The van der Waals surface area contributed by atoms with Crippen LogP contribution >= 0.6 is 0 Å². The third kappa shape index (κ3) is 2.10. The van der Waals surface area contributed by atoms with E-state index in [9.17, 15) is 9.90 Å². The van der Waals surface area contributed by atoms with Gasteiger partial charge in [0.2, 0.25) is 0 Å². The summed E-state index contributed by atoms with van der Waals surface area (Å²) in [4.78, 5) is 12.3. The second-order valence-corrected chi connectivity index (χ2v) is 9.84. The van der Waals surface area contributed by atoms with Crippen LogP contribution in [0.4, 0.5) is 0 Å². The lowest BCUT2D eigenvalue weighted by molar-refractivity contribution is -0.132. The summed E-state index contributed by atoms with van der Waals surface area (Å²) in [5.74, 6) is 4.18. The minimum absolute atomic E-state index is 0.200. The van der Waals surface area contributed by atoms with E-state index in [0.717, 1.165) is 36.4 Å². The standard InChI is InChI=1S/C22H34O2/c1-4-15-6-8-18-17-7-5-16-11-20(24)14(13-23)12-22(16,3)19(17)9-10-21(15,18)2/h13,15-19,23H,4-12H2,1-3H3/t15-,16-,17-,18-,19-,21+,22-/m0/s1. The summed E-state index contributed by atoms with van der Waals surface area (Å²) in [5.41, 5.74) is 1.50. The average Bonchev–Trinajstić information content (AvgIpc) is 2.91. The Balaban J connectivity index is 1.65. The molecule has 1 N–H and O–H groups in total. The van der Waals surface area contributed by atoms with Crippen LogP contribution in [0.15, 0.2) is 11.8 Å². The summed E-state index contributed by atoms with van der Waals surface area (Å²) in [5, 5.41) is 9.54. The summed E-state index contributed by atoms with van der Waals surface area (Å²) in [7, 11) is 0. The molecule has 0 heterocycles. The molecule has 134 valence electrons. The summed E-state index contributed by atoms with van der Waals surface area (Å²) >= 11 is 0. The molecular formula is C22H34O2. The van der Waals surface area contributed by atoms with E-state index in [-0.39, 0.29) is 11.2 Å². The molecule has 4 aliphatic rings. The number of ketones is 1. The van der Waals surface area contributed by atoms with Crippen LogP contribution in [0, 0.1) is 40.4 Å². The highest BCUT2D eigenvalue weighted by Gasteiger charge is 2.60. The molecule has 4 fully saturated rings. The molecule has 0 saturated heterocycles. The van der Waals surface area contributed by atoms with Crippen LogP contribution in [0.2, 0.25) is 0 Å². The van der Waals surface area contributed by atoms with Gasteiger partial charge in [-0.15, -0.1) is 0 Å². The highest BCUT2D eigenvalue weighted by molar-refractivity contribution is 5.96. The van der Waals surface area contributed by atoms with Gasteiger partial charge >= 0.3 is 0 Å². The van der Waals surface area contributed by atoms with Crippen molar-refractivity contribution in [3.05, 3.63) is 11.8 Å². The topological polar surface area (TPSA) is 37.3 Å². The van der Waals surface area contributed by atoms with Gasteiger partial charge in [0.1, 0.15) is 0 Å². The van der Waals surface area contributed by atoms with Crippen LogP contribution in [0.25, 0.3) is 0 Å². The fourth-order valence-electron chi connectivity index (χ4n) is 7.91. The van der Waals surface area contributed by atoms with Crippen LogP contribution in [0.5, 0.6) is 0 Å². The summed E-state index contributed by atoms with van der Waals surface area (Å²) in [6.45, 7) is 7.42. The fraction of sp³-hybridized carbons (Fsp3) is 0.864. The van der Waals surface area contributed by atoms with Crippen LogP contribution in [0.1, 0.15) is 78.6 Å². The first-order valence-corrected chi connectivity index (χ1v) is 10.3. The molecule has 0 spiro atoms. The quantitative estimate of drug-likeness (QED) is 0.496. The lowest BCUT2D eigenvalue weighted by Crippen LogP contribution is -2.53. The predicted molar refractivity (Wildman–Crippen MR) is 96.6 cm³/mol. The molecule has 4 saturated carbocycles. The minimum atomic E-state index is 0.200. The van der Waals surface area contributed by atoms with Gasteiger partial charge in [0.05, 0.1) is 6.26 Å². The number of carbonyl (C=O) groups excluding carboxylic acids is 1. The van der Waals surface area contributed by atoms with E-state index in [0.29, 0.717) is 23.3 Å². The van der Waals surface area contributed by atoms with E-state index in [1.165, 1.54) is 44.9 Å². The van der Waals surface area contributed by atoms with Gasteiger partial charge in [-0.3, -0.25) is 4.79 Å². The number of fused-ring (bicyclic) bond motifs is 5. The van der Waals surface area contributed by atoms with Crippen molar-refractivity contribution in [3.8, 4) is 0 Å². The Labute approximate surface area is 147 Å². The van der Waals surface area contributed by atoms with Gasteiger partial charge in [0.15, 0.2) is 5.78 Å². The zero-order chi connectivity index (χ0) is 17.1. The maximum atomic E-state index is 12.3. The molecule has 0 aliphatic heterocycles. The van der Waals surface area contributed by atoms with E-state index >= 15 is 0 Å². The van der Waals surface area contributed by atoms with E-state index < -0.39 is 0 Å². The van der Waals surface area contributed by atoms with Crippen molar-refractivity contribution in [1.82, 2.24) is 0 Å². The molecule has 2 heteroatoms. The molecule has 0 aromatic rings. The second kappa shape index (κ2) is 5.61. The van der Waals surface area contributed by atoms with Gasteiger partial charge < -0.3 is 5.11 Å². The number of aliphatic hydroxyl groups is 1. The Morgan fingerprint density at radius 3 is 2.54 bits per heavy atom. The van der Waals surface area contributed by atoms with Crippen LogP contribution in [0.3, 0.4) is 0 Å². The summed E-state index contributed by atoms with van der Waals surface area (Å²) < 4.78 is 0. The number of hydrogen-bond donors (Lipinski definition) is 1. The lowest BCUT2D eigenvalue weighted by Gasteiger charge is -2.60. The minimum Gasteiger partial charge on any atom is -0.515 e. The fourth-order valence-corrected chi connectivity index (χ4v) is 7.91. The van der Waals surface area contributed by atoms with Crippen molar-refractivity contribution in [2.45, 2.75) is 78.6 Å². The van der Waals surface area contributed by atoms with Crippen molar-refractivity contribution in [3.63, 3.8) is 0 Å². The van der Waals surface area contributed by atoms with Crippen molar-refractivity contribution < 1.29 is 9.90 Å². The molecule has 0 bridgehead atoms. The van der Waals surface area contributed by atoms with E-state index in [1.807, 2.05) is 0 Å². The molecule has 24 heavy (non-hydrogen) atoms. The molecule has 0 aromatic heterocycles. The molecular weight excluding hydrogens is 296 g/mol. The maximum absolute atomic E-state index is 12.3. The first kappa shape index (κ1) is 16.7. The summed E-state index contributed by atoms with van der Waals surface area (Å²) in [6, 6.07) is 0. The number of hydrogen-bond acceptors (Lipinski definition) is 2. The number of aliphatic hydroxyl groups excluding tert-OH is 1. The SMILES string of the molecule is CC[C@H]1CC[C@H]2[C@@H]3CC[C@H]4CC(=O)C(=CO)C[C@]4(C)[C@H]3CC[C@]12C. The largest absolute Gasteiger partial charge is 0.515 e. The zero-order valence-electron chi connectivity index (χ0n) is 15.7. The number of Topliss-reactive ketones (excluding diaryl/α,β-unsaturated/α-hetero) is 1. The predicted octanol–water partition coefficient (Wildman–Crippen LogP) is 5.68. The van der Waals surface area contributed by atoms with E-state index in [1.54, 1.807) is 0 Å². The Bertz CT molecular complexity index is 564. The Hall–Kier alpha value is -0.790. The number of allylic oxidation sites excluding steroid dienone is 1. The number of carbonyl (C=O) groups is 1. The highest BCUT2D eigenvalue weighted by Crippen LogP contribution is 2.67. The molecule has 0 aromatic carbocycles. The van der Waals surface area contributed by atoms with Gasteiger partial charge in [-0.25, -0.2) is 0 Å². The van der Waals surface area contributed by atoms with Gasteiger partial charge in [0.25, 0.3) is 0 Å². The maximum Gasteiger partial charge on any atom is 0.162 e. The van der Waals surface area contributed by atoms with Crippen molar-refractivity contribution in [1.29, 1.82) is 0 Å². The van der Waals surface area contributed by atoms with Crippen molar-refractivity contribution >= 4 is 5.78 Å². The molecule has 4 aliphatic carbocycles. The Morgan fingerprint density at radius 1 is 1.08 bits per heavy atom. The van der Waals surface area contributed by atoms with Gasteiger partial charge in [-0.1, -0.05) is 27.2 Å². The molecule has 2 nitrogen and oxygen atoms in total. The van der Waals surface area contributed by atoms with E-state index in [2.05, 4.69) is 20.8 Å². The average molecular weight is 331 g/mol. The van der Waals surface area contributed by atoms with E-state index in [4.69, 9.17) is 0 Å². The number of rotatable bonds is 1. The lowest BCUT2D eigenvalue weighted by atomic mass is 9.44. The molecule has 0 unspecified atom stereocenters. The molecule has 4 rings (SSSR count). The van der Waals surface area contributed by atoms with Gasteiger partial charge in [-0.2, -0.15) is 0 Å². The normalized spacial score (nSPS) is 52.7. The van der Waals surface area contributed by atoms with Gasteiger partial charge in [-0.05, 0) is 85.4 Å². The van der Waals surface area contributed by atoms with Gasteiger partial charge in [0, 0.05) is 12.0 Å².